The van der Waals surface area contributed by atoms with Crippen molar-refractivity contribution in [2.45, 2.75) is 31.6 Å². The quantitative estimate of drug-likeness (QED) is 0.506. The molecule has 0 atom stereocenters. The molecule has 0 bridgehead atoms. The molecule has 0 radical (unpaired) electrons. The first-order chi connectivity index (χ1) is 16.8. The molecule has 0 aliphatic carbocycles. The van der Waals surface area contributed by atoms with E-state index in [2.05, 4.69) is 15.4 Å². The van der Waals surface area contributed by atoms with Crippen LogP contribution in [0, 0.1) is 0 Å². The molecule has 4 rings (SSSR count). The third kappa shape index (κ3) is 5.21. The Bertz CT molecular complexity index is 1280. The summed E-state index contributed by atoms with van der Waals surface area (Å²) in [4.78, 5) is 17.6. The number of anilines is 1. The summed E-state index contributed by atoms with van der Waals surface area (Å²) in [6.45, 7) is 7.21. The van der Waals surface area contributed by atoms with E-state index in [0.717, 1.165) is 0 Å². The van der Waals surface area contributed by atoms with Crippen molar-refractivity contribution in [2.24, 2.45) is 0 Å². The van der Waals surface area contributed by atoms with Gasteiger partial charge in [-0.25, -0.2) is 18.1 Å². The number of ether oxygens (including phenoxy) is 2. The van der Waals surface area contributed by atoms with Crippen molar-refractivity contribution < 1.29 is 22.7 Å². The summed E-state index contributed by atoms with van der Waals surface area (Å²) in [5, 5.41) is 7.21. The van der Waals surface area contributed by atoms with Gasteiger partial charge in [0.15, 0.2) is 5.82 Å². The Morgan fingerprint density at radius 2 is 1.97 bits per heavy atom. The molecule has 11 heteroatoms. The van der Waals surface area contributed by atoms with Gasteiger partial charge in [0.1, 0.15) is 10.6 Å². The number of carbonyl (C=O) groups excluding carboxylic acids is 1. The molecule has 0 saturated carbocycles. The third-order valence-corrected chi connectivity index (χ3v) is 7.47. The number of sulfonamides is 1. The van der Waals surface area contributed by atoms with Crippen LogP contribution in [0.3, 0.4) is 0 Å². The van der Waals surface area contributed by atoms with Crippen molar-refractivity contribution >= 4 is 21.6 Å². The highest BCUT2D eigenvalue weighted by atomic mass is 32.2. The van der Waals surface area contributed by atoms with Crippen molar-refractivity contribution in [1.82, 2.24) is 19.1 Å². The first-order valence-corrected chi connectivity index (χ1v) is 12.9. The van der Waals surface area contributed by atoms with Crippen molar-refractivity contribution in [3.05, 3.63) is 60.0 Å². The lowest BCUT2D eigenvalue weighted by atomic mass is 10.1. The second-order valence-electron chi connectivity index (χ2n) is 8.26. The number of rotatable bonds is 8. The minimum absolute atomic E-state index is 0.00677. The van der Waals surface area contributed by atoms with Crippen LogP contribution in [-0.2, 0) is 14.8 Å². The highest BCUT2D eigenvalue weighted by Crippen LogP contribution is 2.31. The minimum Gasteiger partial charge on any atom is -0.492 e. The number of hydrogen-bond donors (Lipinski definition) is 1. The van der Waals surface area contributed by atoms with Gasteiger partial charge in [-0.1, -0.05) is 19.9 Å². The summed E-state index contributed by atoms with van der Waals surface area (Å²) in [6, 6.07) is 10.1. The lowest BCUT2D eigenvalue weighted by Gasteiger charge is -2.27. The first kappa shape index (κ1) is 24.8. The fraction of sp³-hybridized carbons (Fsp3) is 0.375. The SMILES string of the molecule is CCOc1ccc(NC(=O)c2cnn(-c3ccccn3)c2C(C)C)cc1S(=O)(=O)N1CCOCC1. The maximum Gasteiger partial charge on any atom is 0.259 e. The molecule has 1 aliphatic rings. The lowest BCUT2D eigenvalue weighted by Crippen LogP contribution is -2.40. The normalized spacial score (nSPS) is 14.7. The number of carbonyl (C=O) groups is 1. The molecular weight excluding hydrogens is 470 g/mol. The molecular formula is C24H29N5O5S. The van der Waals surface area contributed by atoms with Gasteiger partial charge in [0.25, 0.3) is 5.91 Å². The van der Waals surface area contributed by atoms with Gasteiger partial charge in [-0.3, -0.25) is 4.79 Å². The molecule has 3 heterocycles. The molecule has 1 aliphatic heterocycles. The average molecular weight is 500 g/mol. The maximum absolute atomic E-state index is 13.4. The van der Waals surface area contributed by atoms with Crippen LogP contribution in [0.15, 0.2) is 53.7 Å². The molecule has 3 aromatic rings. The van der Waals surface area contributed by atoms with Crippen LogP contribution in [0.4, 0.5) is 5.69 Å². The molecule has 2 aromatic heterocycles. The number of amides is 1. The van der Waals surface area contributed by atoms with Crippen LogP contribution in [0.2, 0.25) is 0 Å². The summed E-state index contributed by atoms with van der Waals surface area (Å²) in [6.07, 6.45) is 3.16. The predicted molar refractivity (Wildman–Crippen MR) is 131 cm³/mol. The third-order valence-electron chi connectivity index (χ3n) is 5.55. The highest BCUT2D eigenvalue weighted by Gasteiger charge is 2.30. The van der Waals surface area contributed by atoms with E-state index >= 15 is 0 Å². The number of nitrogens with zero attached hydrogens (tertiary/aromatic N) is 4. The van der Waals surface area contributed by atoms with Gasteiger partial charge in [-0.15, -0.1) is 0 Å². The van der Waals surface area contributed by atoms with Gasteiger partial charge in [0.2, 0.25) is 10.0 Å². The van der Waals surface area contributed by atoms with E-state index in [1.165, 1.54) is 16.6 Å². The van der Waals surface area contributed by atoms with Crippen molar-refractivity contribution in [3.63, 3.8) is 0 Å². The molecule has 186 valence electrons. The highest BCUT2D eigenvalue weighted by molar-refractivity contribution is 7.89. The summed E-state index contributed by atoms with van der Waals surface area (Å²) in [5.74, 6) is 0.436. The van der Waals surface area contributed by atoms with Crippen molar-refractivity contribution in [1.29, 1.82) is 0 Å². The Morgan fingerprint density at radius 3 is 2.63 bits per heavy atom. The molecule has 0 unspecified atom stereocenters. The monoisotopic (exact) mass is 499 g/mol. The van der Waals surface area contributed by atoms with E-state index in [0.29, 0.717) is 42.6 Å². The van der Waals surface area contributed by atoms with Crippen LogP contribution >= 0.6 is 0 Å². The molecule has 0 spiro atoms. The van der Waals surface area contributed by atoms with Gasteiger partial charge in [-0.2, -0.15) is 9.40 Å². The van der Waals surface area contributed by atoms with Gasteiger partial charge in [-0.05, 0) is 43.2 Å². The number of benzene rings is 1. The molecule has 1 amide bonds. The van der Waals surface area contributed by atoms with E-state index < -0.39 is 15.9 Å². The van der Waals surface area contributed by atoms with E-state index in [1.807, 2.05) is 32.0 Å². The average Bonchev–Trinajstić information content (AvgIpc) is 3.32. The van der Waals surface area contributed by atoms with Crippen LogP contribution in [0.5, 0.6) is 5.75 Å². The molecule has 1 saturated heterocycles. The molecule has 1 aromatic carbocycles. The number of morpholine rings is 1. The standard InChI is InChI=1S/C24H29N5O5S/c1-4-34-20-9-8-18(15-21(20)35(31,32)28-11-13-33-14-12-28)27-24(30)19-16-26-29(23(19)17(2)3)22-7-5-6-10-25-22/h5-10,15-17H,4,11-14H2,1-3H3,(H,27,30). The van der Waals surface area contributed by atoms with Crippen molar-refractivity contribution in [3.8, 4) is 11.6 Å². The van der Waals surface area contributed by atoms with Crippen LogP contribution in [-0.4, -0.2) is 66.3 Å². The minimum atomic E-state index is -3.84. The summed E-state index contributed by atoms with van der Waals surface area (Å²) in [5.41, 5.74) is 1.43. The molecule has 10 nitrogen and oxygen atoms in total. The number of hydrogen-bond acceptors (Lipinski definition) is 7. The predicted octanol–water partition coefficient (Wildman–Crippen LogP) is 3.06. The lowest BCUT2D eigenvalue weighted by molar-refractivity contribution is 0.0729. The Morgan fingerprint density at radius 1 is 1.20 bits per heavy atom. The number of pyridine rings is 1. The Balaban J connectivity index is 1.66. The van der Waals surface area contributed by atoms with Crippen LogP contribution < -0.4 is 10.1 Å². The molecule has 1 fully saturated rings. The van der Waals surface area contributed by atoms with Crippen LogP contribution in [0.1, 0.15) is 42.7 Å². The second kappa shape index (κ2) is 10.5. The summed E-state index contributed by atoms with van der Waals surface area (Å²) < 4.78 is 40.6. The van der Waals surface area contributed by atoms with E-state index in [1.54, 1.807) is 29.9 Å². The van der Waals surface area contributed by atoms with Gasteiger partial charge in [0, 0.05) is 25.0 Å². The topological polar surface area (TPSA) is 116 Å². The zero-order chi connectivity index (χ0) is 25.0. The van der Waals surface area contributed by atoms with Gasteiger partial charge >= 0.3 is 0 Å². The van der Waals surface area contributed by atoms with E-state index in [9.17, 15) is 13.2 Å². The Kier molecular flexibility index (Phi) is 7.48. The maximum atomic E-state index is 13.4. The fourth-order valence-corrected chi connectivity index (χ4v) is 5.50. The first-order valence-electron chi connectivity index (χ1n) is 11.5. The van der Waals surface area contributed by atoms with E-state index in [-0.39, 0.29) is 29.7 Å². The Labute approximate surface area is 204 Å². The largest absolute Gasteiger partial charge is 0.492 e. The fourth-order valence-electron chi connectivity index (χ4n) is 3.94. The van der Waals surface area contributed by atoms with Gasteiger partial charge < -0.3 is 14.8 Å². The molecule has 1 N–H and O–H groups in total. The zero-order valence-electron chi connectivity index (χ0n) is 20.0. The zero-order valence-corrected chi connectivity index (χ0v) is 20.8. The van der Waals surface area contributed by atoms with E-state index in [4.69, 9.17) is 9.47 Å². The summed E-state index contributed by atoms with van der Waals surface area (Å²) in [7, 11) is -3.84. The smallest absolute Gasteiger partial charge is 0.259 e. The van der Waals surface area contributed by atoms with Crippen LogP contribution in [0.25, 0.3) is 5.82 Å². The second-order valence-corrected chi connectivity index (χ2v) is 10.2. The summed E-state index contributed by atoms with van der Waals surface area (Å²) >= 11 is 0. The Hall–Kier alpha value is -3.28. The number of aromatic nitrogens is 3. The molecule has 35 heavy (non-hydrogen) atoms. The van der Waals surface area contributed by atoms with Crippen molar-refractivity contribution in [2.75, 3.05) is 38.2 Å². The van der Waals surface area contributed by atoms with Gasteiger partial charge in [0.05, 0.1) is 37.3 Å². The number of nitrogens with one attached hydrogen (secondary N) is 1.